The van der Waals surface area contributed by atoms with Gasteiger partial charge >= 0.3 is 0 Å². The SMILES string of the molecule is CNCCCc1cnn(C[C@@H]2CCCCO2)c1. The van der Waals surface area contributed by atoms with Gasteiger partial charge in [0.2, 0.25) is 0 Å². The van der Waals surface area contributed by atoms with Crippen molar-refractivity contribution in [3.63, 3.8) is 0 Å². The van der Waals surface area contributed by atoms with Gasteiger partial charge in [0.15, 0.2) is 0 Å². The van der Waals surface area contributed by atoms with Crippen molar-refractivity contribution in [1.82, 2.24) is 15.1 Å². The Kier molecular flexibility index (Phi) is 5.01. The summed E-state index contributed by atoms with van der Waals surface area (Å²) in [6.45, 7) is 2.89. The zero-order valence-corrected chi connectivity index (χ0v) is 10.7. The molecule has 0 aromatic carbocycles. The minimum atomic E-state index is 0.369. The second-order valence-corrected chi connectivity index (χ2v) is 4.77. The Morgan fingerprint density at radius 3 is 3.24 bits per heavy atom. The molecule has 0 aliphatic carbocycles. The summed E-state index contributed by atoms with van der Waals surface area (Å²) in [6.07, 6.45) is 10.5. The molecule has 96 valence electrons. The normalized spacial score (nSPS) is 20.6. The van der Waals surface area contributed by atoms with E-state index in [2.05, 4.69) is 16.6 Å². The summed E-state index contributed by atoms with van der Waals surface area (Å²) in [6, 6.07) is 0. The molecule has 4 heteroatoms. The third kappa shape index (κ3) is 4.13. The van der Waals surface area contributed by atoms with Crippen molar-refractivity contribution in [3.05, 3.63) is 18.0 Å². The summed E-state index contributed by atoms with van der Waals surface area (Å²) in [7, 11) is 1.99. The molecule has 1 aromatic heterocycles. The molecule has 1 saturated heterocycles. The van der Waals surface area contributed by atoms with Crippen LogP contribution < -0.4 is 5.32 Å². The van der Waals surface area contributed by atoms with Crippen LogP contribution in [0.3, 0.4) is 0 Å². The van der Waals surface area contributed by atoms with Gasteiger partial charge < -0.3 is 10.1 Å². The van der Waals surface area contributed by atoms with Crippen molar-refractivity contribution in [1.29, 1.82) is 0 Å². The number of rotatable bonds is 6. The van der Waals surface area contributed by atoms with Crippen molar-refractivity contribution in [2.45, 2.75) is 44.8 Å². The smallest absolute Gasteiger partial charge is 0.0770 e. The Labute approximate surface area is 103 Å². The molecule has 1 aliphatic heterocycles. The highest BCUT2D eigenvalue weighted by molar-refractivity contribution is 5.04. The molecule has 1 N–H and O–H groups in total. The lowest BCUT2D eigenvalue weighted by atomic mass is 10.1. The molecule has 0 bridgehead atoms. The van der Waals surface area contributed by atoms with Crippen LogP contribution >= 0.6 is 0 Å². The average Bonchev–Trinajstić information content (AvgIpc) is 2.79. The van der Waals surface area contributed by atoms with E-state index in [0.29, 0.717) is 6.10 Å². The Balaban J connectivity index is 1.76. The molecule has 0 amide bonds. The van der Waals surface area contributed by atoms with Crippen LogP contribution in [0.5, 0.6) is 0 Å². The molecule has 0 unspecified atom stereocenters. The van der Waals surface area contributed by atoms with E-state index in [9.17, 15) is 0 Å². The van der Waals surface area contributed by atoms with E-state index < -0.39 is 0 Å². The maximum Gasteiger partial charge on any atom is 0.0770 e. The summed E-state index contributed by atoms with van der Waals surface area (Å²) < 4.78 is 7.75. The van der Waals surface area contributed by atoms with Crippen molar-refractivity contribution in [3.8, 4) is 0 Å². The number of hydrogen-bond donors (Lipinski definition) is 1. The summed E-state index contributed by atoms with van der Waals surface area (Å²) in [5, 5.41) is 7.57. The second-order valence-electron chi connectivity index (χ2n) is 4.77. The minimum Gasteiger partial charge on any atom is -0.376 e. The van der Waals surface area contributed by atoms with E-state index >= 15 is 0 Å². The Hall–Kier alpha value is -0.870. The first-order valence-corrected chi connectivity index (χ1v) is 6.66. The van der Waals surface area contributed by atoms with Crippen LogP contribution in [0.2, 0.25) is 0 Å². The van der Waals surface area contributed by atoms with Crippen molar-refractivity contribution >= 4 is 0 Å². The number of aryl methyl sites for hydroxylation is 1. The first-order chi connectivity index (χ1) is 8.38. The highest BCUT2D eigenvalue weighted by atomic mass is 16.5. The third-order valence-corrected chi connectivity index (χ3v) is 3.24. The van der Waals surface area contributed by atoms with Crippen LogP contribution in [0, 0.1) is 0 Å². The number of nitrogens with one attached hydrogen (secondary N) is 1. The Morgan fingerprint density at radius 2 is 2.47 bits per heavy atom. The molecule has 1 fully saturated rings. The molecular weight excluding hydrogens is 214 g/mol. The maximum absolute atomic E-state index is 5.72. The quantitative estimate of drug-likeness (QED) is 0.764. The first-order valence-electron chi connectivity index (χ1n) is 6.66. The fraction of sp³-hybridized carbons (Fsp3) is 0.769. The molecule has 17 heavy (non-hydrogen) atoms. The number of aromatic nitrogens is 2. The van der Waals surface area contributed by atoms with Crippen LogP contribution in [-0.4, -0.2) is 36.1 Å². The monoisotopic (exact) mass is 237 g/mol. The van der Waals surface area contributed by atoms with Gasteiger partial charge in [0, 0.05) is 12.8 Å². The predicted octanol–water partition coefficient (Wildman–Crippen LogP) is 1.60. The molecular formula is C13H23N3O. The fourth-order valence-corrected chi connectivity index (χ4v) is 2.26. The van der Waals surface area contributed by atoms with Gasteiger partial charge in [-0.05, 0) is 51.3 Å². The van der Waals surface area contributed by atoms with Gasteiger partial charge in [-0.2, -0.15) is 5.10 Å². The summed E-state index contributed by atoms with van der Waals surface area (Å²) in [4.78, 5) is 0. The zero-order valence-electron chi connectivity index (χ0n) is 10.7. The van der Waals surface area contributed by atoms with Crippen LogP contribution in [0.25, 0.3) is 0 Å². The minimum absolute atomic E-state index is 0.369. The predicted molar refractivity (Wildman–Crippen MR) is 68.1 cm³/mol. The summed E-state index contributed by atoms with van der Waals surface area (Å²) in [5.74, 6) is 0. The number of nitrogens with zero attached hydrogens (tertiary/aromatic N) is 2. The molecule has 0 saturated carbocycles. The standard InChI is InChI=1S/C13H23N3O/c1-14-7-4-5-12-9-15-16(10-12)11-13-6-2-3-8-17-13/h9-10,13-14H,2-8,11H2,1H3/t13-/m0/s1. The first kappa shape index (κ1) is 12.6. The van der Waals surface area contributed by atoms with Crippen LogP contribution in [0.1, 0.15) is 31.2 Å². The van der Waals surface area contributed by atoms with Crippen molar-refractivity contribution < 1.29 is 4.74 Å². The summed E-state index contributed by atoms with van der Waals surface area (Å²) >= 11 is 0. The fourth-order valence-electron chi connectivity index (χ4n) is 2.26. The molecule has 0 radical (unpaired) electrons. The van der Waals surface area contributed by atoms with Crippen LogP contribution in [-0.2, 0) is 17.7 Å². The van der Waals surface area contributed by atoms with E-state index in [1.54, 1.807) is 0 Å². The number of ether oxygens (including phenoxy) is 1. The largest absolute Gasteiger partial charge is 0.376 e. The molecule has 1 atom stereocenters. The molecule has 2 heterocycles. The lowest BCUT2D eigenvalue weighted by Gasteiger charge is -2.22. The van der Waals surface area contributed by atoms with Gasteiger partial charge in [0.1, 0.15) is 0 Å². The van der Waals surface area contributed by atoms with E-state index in [0.717, 1.165) is 26.1 Å². The molecule has 1 aliphatic rings. The lowest BCUT2D eigenvalue weighted by molar-refractivity contribution is 0.00398. The topological polar surface area (TPSA) is 39.1 Å². The van der Waals surface area contributed by atoms with E-state index in [-0.39, 0.29) is 0 Å². The highest BCUT2D eigenvalue weighted by Gasteiger charge is 2.14. The zero-order chi connectivity index (χ0) is 11.9. The van der Waals surface area contributed by atoms with E-state index in [4.69, 9.17) is 4.74 Å². The van der Waals surface area contributed by atoms with Crippen LogP contribution in [0.15, 0.2) is 12.4 Å². The number of hydrogen-bond acceptors (Lipinski definition) is 3. The van der Waals surface area contributed by atoms with Gasteiger partial charge in [0.25, 0.3) is 0 Å². The summed E-state index contributed by atoms with van der Waals surface area (Å²) in [5.41, 5.74) is 1.33. The molecule has 2 rings (SSSR count). The van der Waals surface area contributed by atoms with Crippen molar-refractivity contribution in [2.24, 2.45) is 0 Å². The van der Waals surface area contributed by atoms with Crippen molar-refractivity contribution in [2.75, 3.05) is 20.2 Å². The van der Waals surface area contributed by atoms with Gasteiger partial charge in [-0.15, -0.1) is 0 Å². The van der Waals surface area contributed by atoms with Gasteiger partial charge in [-0.25, -0.2) is 0 Å². The molecule has 1 aromatic rings. The Bertz CT molecular complexity index is 318. The maximum atomic E-state index is 5.72. The highest BCUT2D eigenvalue weighted by Crippen LogP contribution is 2.14. The van der Waals surface area contributed by atoms with Crippen LogP contribution in [0.4, 0.5) is 0 Å². The van der Waals surface area contributed by atoms with E-state index in [1.807, 2.05) is 17.9 Å². The average molecular weight is 237 g/mol. The third-order valence-electron chi connectivity index (χ3n) is 3.24. The second kappa shape index (κ2) is 6.77. The van der Waals surface area contributed by atoms with Gasteiger partial charge in [0.05, 0.1) is 18.8 Å². The molecule has 0 spiro atoms. The lowest BCUT2D eigenvalue weighted by Crippen LogP contribution is -2.24. The van der Waals surface area contributed by atoms with E-state index in [1.165, 1.54) is 31.2 Å². The molecule has 4 nitrogen and oxygen atoms in total. The Morgan fingerprint density at radius 1 is 1.53 bits per heavy atom. The van der Waals surface area contributed by atoms with Gasteiger partial charge in [-0.3, -0.25) is 4.68 Å². The van der Waals surface area contributed by atoms with Gasteiger partial charge in [-0.1, -0.05) is 0 Å².